The number of aryl methyl sites for hydroxylation is 1. The Kier molecular flexibility index (Phi) is 3.39. The van der Waals surface area contributed by atoms with E-state index in [0.29, 0.717) is 11.5 Å². The van der Waals surface area contributed by atoms with Crippen molar-refractivity contribution in [1.82, 2.24) is 4.90 Å². The lowest BCUT2D eigenvalue weighted by Gasteiger charge is -2.40. The van der Waals surface area contributed by atoms with Crippen molar-refractivity contribution < 1.29 is 9.90 Å². The van der Waals surface area contributed by atoms with E-state index in [2.05, 4.69) is 28.2 Å². The van der Waals surface area contributed by atoms with Crippen LogP contribution in [0.5, 0.6) is 0 Å². The number of fused-ring (bicyclic) bond motifs is 1. The van der Waals surface area contributed by atoms with Crippen molar-refractivity contribution in [2.75, 3.05) is 18.4 Å². The SMILES string of the molecule is Cc1cc(Br)cc2c1NC(=O)[C@]2(O)N1CCC[C@H](C)C1. The third-order valence-electron chi connectivity index (χ3n) is 4.35. The Labute approximate surface area is 127 Å². The largest absolute Gasteiger partial charge is 0.364 e. The van der Waals surface area contributed by atoms with Crippen LogP contribution in [0.1, 0.15) is 30.9 Å². The number of carbonyl (C=O) groups is 1. The van der Waals surface area contributed by atoms with E-state index in [9.17, 15) is 9.90 Å². The normalized spacial score (nSPS) is 30.2. The Balaban J connectivity index is 2.08. The van der Waals surface area contributed by atoms with E-state index in [-0.39, 0.29) is 5.91 Å². The molecule has 2 aliphatic heterocycles. The van der Waals surface area contributed by atoms with Crippen molar-refractivity contribution in [2.45, 2.75) is 32.4 Å². The summed E-state index contributed by atoms with van der Waals surface area (Å²) in [5, 5.41) is 13.9. The summed E-state index contributed by atoms with van der Waals surface area (Å²) < 4.78 is 0.883. The summed E-state index contributed by atoms with van der Waals surface area (Å²) in [6.45, 7) is 5.60. The van der Waals surface area contributed by atoms with Gasteiger partial charge in [0.15, 0.2) is 0 Å². The van der Waals surface area contributed by atoms with Crippen LogP contribution >= 0.6 is 15.9 Å². The molecule has 0 radical (unpaired) electrons. The molecular weight excluding hydrogens is 320 g/mol. The fraction of sp³-hybridized carbons (Fsp3) is 0.533. The molecule has 1 aromatic rings. The topological polar surface area (TPSA) is 52.6 Å². The van der Waals surface area contributed by atoms with Gasteiger partial charge in [0.1, 0.15) is 0 Å². The number of nitrogens with one attached hydrogen (secondary N) is 1. The Morgan fingerprint density at radius 3 is 2.95 bits per heavy atom. The maximum Gasteiger partial charge on any atom is 0.276 e. The lowest BCUT2D eigenvalue weighted by molar-refractivity contribution is -0.163. The monoisotopic (exact) mass is 338 g/mol. The molecule has 3 rings (SSSR count). The number of benzene rings is 1. The smallest absolute Gasteiger partial charge is 0.276 e. The van der Waals surface area contributed by atoms with Crippen molar-refractivity contribution in [2.24, 2.45) is 5.92 Å². The minimum atomic E-state index is -1.53. The van der Waals surface area contributed by atoms with Crippen LogP contribution in [0.4, 0.5) is 5.69 Å². The van der Waals surface area contributed by atoms with Gasteiger partial charge in [-0.3, -0.25) is 9.69 Å². The maximum atomic E-state index is 12.4. The number of aliphatic hydroxyl groups is 1. The summed E-state index contributed by atoms with van der Waals surface area (Å²) in [6, 6.07) is 3.79. The molecular formula is C15H19BrN2O2. The van der Waals surface area contributed by atoms with Gasteiger partial charge in [0.05, 0.1) is 5.69 Å². The molecule has 5 heteroatoms. The quantitative estimate of drug-likeness (QED) is 0.827. The summed E-state index contributed by atoms with van der Waals surface area (Å²) >= 11 is 3.45. The summed E-state index contributed by atoms with van der Waals surface area (Å²) in [6.07, 6.45) is 2.16. The molecule has 0 aliphatic carbocycles. The van der Waals surface area contributed by atoms with Gasteiger partial charge in [-0.1, -0.05) is 22.9 Å². The van der Waals surface area contributed by atoms with Gasteiger partial charge in [0, 0.05) is 23.1 Å². The molecule has 1 saturated heterocycles. The molecule has 0 aromatic heterocycles. The van der Waals surface area contributed by atoms with E-state index in [1.165, 1.54) is 0 Å². The lowest BCUT2D eigenvalue weighted by Crippen LogP contribution is -2.54. The van der Waals surface area contributed by atoms with Crippen LogP contribution in [-0.4, -0.2) is 29.0 Å². The minimum absolute atomic E-state index is 0.331. The highest BCUT2D eigenvalue weighted by atomic mass is 79.9. The minimum Gasteiger partial charge on any atom is -0.364 e. The van der Waals surface area contributed by atoms with Crippen LogP contribution in [0.2, 0.25) is 0 Å². The summed E-state index contributed by atoms with van der Waals surface area (Å²) in [7, 11) is 0. The van der Waals surface area contributed by atoms with Gasteiger partial charge >= 0.3 is 0 Å². The Morgan fingerprint density at radius 2 is 2.25 bits per heavy atom. The molecule has 108 valence electrons. The molecule has 0 bridgehead atoms. The molecule has 2 atom stereocenters. The molecule has 0 unspecified atom stereocenters. The van der Waals surface area contributed by atoms with E-state index in [1.54, 1.807) is 0 Å². The number of rotatable bonds is 1. The molecule has 0 saturated carbocycles. The molecule has 1 aromatic carbocycles. The number of anilines is 1. The van der Waals surface area contributed by atoms with Gasteiger partial charge in [-0.25, -0.2) is 0 Å². The van der Waals surface area contributed by atoms with Gasteiger partial charge in [-0.2, -0.15) is 0 Å². The van der Waals surface area contributed by atoms with Crippen molar-refractivity contribution in [3.63, 3.8) is 0 Å². The highest BCUT2D eigenvalue weighted by molar-refractivity contribution is 9.10. The van der Waals surface area contributed by atoms with E-state index < -0.39 is 5.72 Å². The first kappa shape index (κ1) is 14.0. The average molecular weight is 339 g/mol. The highest BCUT2D eigenvalue weighted by Gasteiger charge is 2.51. The lowest BCUT2D eigenvalue weighted by atomic mass is 9.94. The molecule has 0 spiro atoms. The standard InChI is InChI=1S/C15H19BrN2O2/c1-9-4-3-5-18(8-9)15(20)12-7-11(16)6-10(2)13(12)17-14(15)19/h6-7,9,20H,3-5,8H2,1-2H3,(H,17,19)/t9-,15-/m0/s1. The van der Waals surface area contributed by atoms with Gasteiger partial charge in [-0.05, 0) is 43.4 Å². The van der Waals surface area contributed by atoms with Gasteiger partial charge in [-0.15, -0.1) is 0 Å². The number of hydrogen-bond acceptors (Lipinski definition) is 3. The molecule has 2 heterocycles. The zero-order valence-corrected chi connectivity index (χ0v) is 13.3. The molecule has 20 heavy (non-hydrogen) atoms. The van der Waals surface area contributed by atoms with Crippen LogP contribution < -0.4 is 5.32 Å². The number of hydrogen-bond donors (Lipinski definition) is 2. The fourth-order valence-electron chi connectivity index (χ4n) is 3.30. The van der Waals surface area contributed by atoms with Crippen LogP contribution in [0.3, 0.4) is 0 Å². The fourth-order valence-corrected chi connectivity index (χ4v) is 3.88. The highest BCUT2D eigenvalue weighted by Crippen LogP contribution is 2.43. The van der Waals surface area contributed by atoms with Gasteiger partial charge < -0.3 is 10.4 Å². The van der Waals surface area contributed by atoms with E-state index in [4.69, 9.17) is 0 Å². The van der Waals surface area contributed by atoms with Crippen LogP contribution in [0, 0.1) is 12.8 Å². The van der Waals surface area contributed by atoms with Crippen molar-refractivity contribution >= 4 is 27.5 Å². The molecule has 2 N–H and O–H groups in total. The second-order valence-corrected chi connectivity index (χ2v) is 6.88. The first-order chi connectivity index (χ1) is 9.42. The number of amides is 1. The van der Waals surface area contributed by atoms with E-state index in [0.717, 1.165) is 41.7 Å². The van der Waals surface area contributed by atoms with Crippen LogP contribution in [0.15, 0.2) is 16.6 Å². The van der Waals surface area contributed by atoms with E-state index >= 15 is 0 Å². The summed E-state index contributed by atoms with van der Waals surface area (Å²) in [4.78, 5) is 14.3. The number of carbonyl (C=O) groups excluding carboxylic acids is 1. The molecule has 4 nitrogen and oxygen atoms in total. The zero-order chi connectivity index (χ0) is 14.5. The number of halogens is 1. The first-order valence-electron chi connectivity index (χ1n) is 7.02. The van der Waals surface area contributed by atoms with Crippen molar-refractivity contribution in [3.8, 4) is 0 Å². The Bertz CT molecular complexity index is 575. The number of likely N-dealkylation sites (tertiary alicyclic amines) is 1. The number of nitrogens with zero attached hydrogens (tertiary/aromatic N) is 1. The third-order valence-corrected chi connectivity index (χ3v) is 4.80. The van der Waals surface area contributed by atoms with Crippen molar-refractivity contribution in [1.29, 1.82) is 0 Å². The Hall–Kier alpha value is -0.910. The Morgan fingerprint density at radius 1 is 1.50 bits per heavy atom. The summed E-state index contributed by atoms with van der Waals surface area (Å²) in [5.74, 6) is 0.167. The molecule has 1 amide bonds. The average Bonchev–Trinajstić information content (AvgIpc) is 2.64. The number of piperidine rings is 1. The van der Waals surface area contributed by atoms with Crippen molar-refractivity contribution in [3.05, 3.63) is 27.7 Å². The van der Waals surface area contributed by atoms with E-state index in [1.807, 2.05) is 24.0 Å². The third kappa shape index (κ3) is 2.00. The maximum absolute atomic E-state index is 12.4. The van der Waals surface area contributed by atoms with Gasteiger partial charge in [0.25, 0.3) is 5.91 Å². The second-order valence-electron chi connectivity index (χ2n) is 5.97. The molecule has 2 aliphatic rings. The molecule has 1 fully saturated rings. The van der Waals surface area contributed by atoms with Gasteiger partial charge in [0.2, 0.25) is 5.72 Å². The van der Waals surface area contributed by atoms with Crippen LogP contribution in [-0.2, 0) is 10.5 Å². The second kappa shape index (κ2) is 4.83. The predicted molar refractivity (Wildman–Crippen MR) is 81.4 cm³/mol. The zero-order valence-electron chi connectivity index (χ0n) is 11.7. The van der Waals surface area contributed by atoms with Crippen LogP contribution in [0.25, 0.3) is 0 Å². The summed E-state index contributed by atoms with van der Waals surface area (Å²) in [5.41, 5.74) is 0.851. The predicted octanol–water partition coefficient (Wildman–Crippen LogP) is 2.59. The first-order valence-corrected chi connectivity index (χ1v) is 7.81.